The number of rotatable bonds is 15. The van der Waals surface area contributed by atoms with Crippen molar-refractivity contribution in [2.24, 2.45) is 0 Å². The van der Waals surface area contributed by atoms with E-state index in [1.54, 1.807) is 21.6 Å². The largest absolute Gasteiger partial charge is 0.447 e. The minimum atomic E-state index is -0.443. The van der Waals surface area contributed by atoms with Gasteiger partial charge in [-0.2, -0.15) is 0 Å². The van der Waals surface area contributed by atoms with Gasteiger partial charge in [-0.1, -0.05) is 40.7 Å². The minimum Gasteiger partial charge on any atom is -0.447 e. The van der Waals surface area contributed by atoms with Crippen LogP contribution in [0.15, 0.2) is 12.2 Å². The lowest BCUT2D eigenvalue weighted by Gasteiger charge is -2.23. The van der Waals surface area contributed by atoms with Crippen molar-refractivity contribution in [3.63, 3.8) is 0 Å². The molecule has 0 heterocycles. The van der Waals surface area contributed by atoms with Crippen LogP contribution in [-0.4, -0.2) is 62.8 Å². The van der Waals surface area contributed by atoms with Crippen molar-refractivity contribution in [1.29, 1.82) is 0 Å². The summed E-state index contributed by atoms with van der Waals surface area (Å²) in [5, 5.41) is 5.96. The summed E-state index contributed by atoms with van der Waals surface area (Å²) in [5.74, 6) is 0.573. The molecule has 0 saturated carbocycles. The minimum absolute atomic E-state index is 0.162. The lowest BCUT2D eigenvalue weighted by Crippen LogP contribution is -2.31. The number of hydrogen-bond acceptors (Lipinski definition) is 7. The zero-order valence-corrected chi connectivity index (χ0v) is 16.9. The van der Waals surface area contributed by atoms with Gasteiger partial charge in [-0.15, -0.1) is 0 Å². The van der Waals surface area contributed by atoms with E-state index in [4.69, 9.17) is 14.2 Å². The molecule has 0 aliphatic rings. The second-order valence-corrected chi connectivity index (χ2v) is 8.42. The summed E-state index contributed by atoms with van der Waals surface area (Å²) in [5.41, 5.74) is 0. The number of carbonyl (C=O) groups is 1. The highest BCUT2D eigenvalue weighted by Gasteiger charge is 2.17. The molecule has 0 spiro atoms. The molecule has 0 bridgehead atoms. The first kappa shape index (κ1) is 23.6. The van der Waals surface area contributed by atoms with Crippen molar-refractivity contribution in [1.82, 2.24) is 10.6 Å². The lowest BCUT2D eigenvalue weighted by atomic mass is 10.2. The Morgan fingerprint density at radius 3 is 2.71 bits per heavy atom. The number of amides is 1. The zero-order valence-electron chi connectivity index (χ0n) is 15.3. The molecule has 0 saturated heterocycles. The highest BCUT2D eigenvalue weighted by molar-refractivity contribution is 8.77. The molecule has 0 rings (SSSR count). The summed E-state index contributed by atoms with van der Waals surface area (Å²) in [7, 11) is 3.46. The van der Waals surface area contributed by atoms with Gasteiger partial charge >= 0.3 is 6.09 Å². The van der Waals surface area contributed by atoms with Crippen LogP contribution < -0.4 is 10.6 Å². The van der Waals surface area contributed by atoms with Crippen LogP contribution in [0.1, 0.15) is 27.7 Å². The number of nitrogens with one attached hydrogen (secondary N) is 2. The monoisotopic (exact) mass is 380 g/mol. The topological polar surface area (TPSA) is 68.8 Å². The first-order valence-corrected chi connectivity index (χ1v) is 10.5. The van der Waals surface area contributed by atoms with Gasteiger partial charge in [0.05, 0.1) is 19.8 Å². The fourth-order valence-corrected chi connectivity index (χ4v) is 3.65. The Bertz CT molecular complexity index is 342. The maximum Gasteiger partial charge on any atom is 0.407 e. The van der Waals surface area contributed by atoms with Crippen LogP contribution in [0.4, 0.5) is 4.79 Å². The number of allylic oxidation sites excluding steroid dienone is 1. The van der Waals surface area contributed by atoms with E-state index in [9.17, 15) is 4.79 Å². The van der Waals surface area contributed by atoms with Gasteiger partial charge in [-0.3, -0.25) is 0 Å². The summed E-state index contributed by atoms with van der Waals surface area (Å²) in [6.45, 7) is 12.5. The number of alkyl carbamates (subject to hydrolysis) is 1. The smallest absolute Gasteiger partial charge is 0.407 e. The third-order valence-corrected chi connectivity index (χ3v) is 5.62. The Kier molecular flexibility index (Phi) is 15.8. The predicted molar refractivity (Wildman–Crippen MR) is 104 cm³/mol. The first-order chi connectivity index (χ1) is 11.5. The molecular weight excluding hydrogens is 348 g/mol. The van der Waals surface area contributed by atoms with E-state index in [0.29, 0.717) is 32.3 Å². The van der Waals surface area contributed by atoms with E-state index in [0.717, 1.165) is 13.1 Å². The normalized spacial score (nSPS) is 11.8. The van der Waals surface area contributed by atoms with Gasteiger partial charge in [-0.05, 0) is 27.3 Å². The summed E-state index contributed by atoms with van der Waals surface area (Å²) in [6.07, 6.45) is 3.39. The van der Waals surface area contributed by atoms with E-state index in [2.05, 4.69) is 31.4 Å². The quantitative estimate of drug-likeness (QED) is 0.196. The fourth-order valence-electron chi connectivity index (χ4n) is 1.45. The third-order valence-electron chi connectivity index (χ3n) is 2.64. The molecule has 0 aromatic carbocycles. The maximum atomic E-state index is 11.4. The Morgan fingerprint density at radius 2 is 2.00 bits per heavy atom. The first-order valence-electron chi connectivity index (χ1n) is 8.20. The van der Waals surface area contributed by atoms with Crippen LogP contribution in [-0.2, 0) is 14.2 Å². The van der Waals surface area contributed by atoms with Crippen molar-refractivity contribution in [2.45, 2.75) is 32.4 Å². The van der Waals surface area contributed by atoms with E-state index >= 15 is 0 Å². The number of ether oxygens (including phenoxy) is 3. The summed E-state index contributed by atoms with van der Waals surface area (Å²) >= 11 is 0. The van der Waals surface area contributed by atoms with Crippen molar-refractivity contribution in [3.05, 3.63) is 12.2 Å². The Labute approximate surface area is 154 Å². The van der Waals surface area contributed by atoms with Gasteiger partial charge in [0, 0.05) is 17.8 Å². The summed E-state index contributed by atoms with van der Waals surface area (Å²) < 4.78 is 15.9. The predicted octanol–water partition coefficient (Wildman–Crippen LogP) is 3.05. The van der Waals surface area contributed by atoms with Crippen molar-refractivity contribution >= 4 is 27.7 Å². The van der Waals surface area contributed by atoms with Crippen LogP contribution in [0.5, 0.6) is 0 Å². The van der Waals surface area contributed by atoms with Crippen LogP contribution in [0.2, 0.25) is 0 Å². The second kappa shape index (κ2) is 16.1. The van der Waals surface area contributed by atoms with Gasteiger partial charge in [0.25, 0.3) is 0 Å². The average molecular weight is 381 g/mol. The molecule has 0 aromatic heterocycles. The van der Waals surface area contributed by atoms with E-state index < -0.39 is 6.09 Å². The molecule has 0 aromatic rings. The molecule has 0 atom stereocenters. The summed E-state index contributed by atoms with van der Waals surface area (Å²) in [4.78, 5) is 11.4. The molecule has 0 aliphatic heterocycles. The third kappa shape index (κ3) is 16.4. The number of hydrogen-bond donors (Lipinski definition) is 2. The highest BCUT2D eigenvalue weighted by atomic mass is 33.1. The summed E-state index contributed by atoms with van der Waals surface area (Å²) in [6, 6.07) is 0. The molecule has 142 valence electrons. The van der Waals surface area contributed by atoms with Crippen molar-refractivity contribution < 1.29 is 19.0 Å². The van der Waals surface area contributed by atoms with E-state index in [-0.39, 0.29) is 11.4 Å². The molecular formula is C16H32N2O4S2. The number of carbonyl (C=O) groups excluding carboxylic acids is 1. The highest BCUT2D eigenvalue weighted by Crippen LogP contribution is 2.34. The lowest BCUT2D eigenvalue weighted by molar-refractivity contribution is 0.0906. The van der Waals surface area contributed by atoms with Gasteiger partial charge in [-0.25, -0.2) is 4.79 Å². The molecule has 6 nitrogen and oxygen atoms in total. The molecule has 0 radical (unpaired) electrons. The molecule has 2 N–H and O–H groups in total. The van der Waals surface area contributed by atoms with E-state index in [1.165, 1.54) is 0 Å². The Hall–Kier alpha value is -0.410. The van der Waals surface area contributed by atoms with Gasteiger partial charge in [0.2, 0.25) is 0 Å². The van der Waals surface area contributed by atoms with Crippen molar-refractivity contribution in [3.8, 4) is 0 Å². The molecule has 0 aliphatic carbocycles. The second-order valence-electron chi connectivity index (χ2n) is 5.47. The van der Waals surface area contributed by atoms with Gasteiger partial charge in [0.1, 0.15) is 12.5 Å². The zero-order chi connectivity index (χ0) is 18.1. The fraction of sp³-hybridized carbons (Fsp3) is 0.812. The molecule has 1 amide bonds. The van der Waals surface area contributed by atoms with Crippen LogP contribution in [0, 0.1) is 0 Å². The van der Waals surface area contributed by atoms with Crippen LogP contribution in [0.25, 0.3) is 0 Å². The molecule has 0 fully saturated rings. The van der Waals surface area contributed by atoms with Crippen LogP contribution >= 0.6 is 21.6 Å². The standard InChI is InChI=1S/C16H32N2O4S2/c1-5-7-9-20-10-8-18-15(19)22-12-11-21-14-23-24-16(3,4)13-17-6-2/h5,7,17H,6,8-14H2,1-4H3,(H,18,19)/b7-5+. The van der Waals surface area contributed by atoms with Crippen molar-refractivity contribution in [2.75, 3.05) is 52.0 Å². The SMILES string of the molecule is C/C=C/COCCNC(=O)OCCOCSSC(C)(C)CNCC. The van der Waals surface area contributed by atoms with Crippen LogP contribution in [0.3, 0.4) is 0 Å². The molecule has 8 heteroatoms. The Balaban J connectivity index is 3.38. The Morgan fingerprint density at radius 1 is 1.21 bits per heavy atom. The van der Waals surface area contributed by atoms with E-state index in [1.807, 2.05) is 19.1 Å². The van der Waals surface area contributed by atoms with Gasteiger partial charge in [0.15, 0.2) is 0 Å². The molecule has 24 heavy (non-hydrogen) atoms. The molecule has 0 unspecified atom stereocenters. The average Bonchev–Trinajstić information content (AvgIpc) is 2.55. The maximum absolute atomic E-state index is 11.4. The van der Waals surface area contributed by atoms with Gasteiger partial charge < -0.3 is 24.8 Å².